The molecule has 0 spiro atoms. The van der Waals surface area contributed by atoms with E-state index in [0.29, 0.717) is 40.5 Å². The van der Waals surface area contributed by atoms with Crippen molar-refractivity contribution in [1.82, 2.24) is 29.1 Å². The molecule has 0 atom stereocenters. The molecule has 0 saturated carbocycles. The van der Waals surface area contributed by atoms with Crippen LogP contribution in [0, 0.1) is 6.92 Å². The highest BCUT2D eigenvalue weighted by atomic mass is 16.5. The van der Waals surface area contributed by atoms with Crippen LogP contribution in [0.4, 0.5) is 0 Å². The number of hydrogen-bond acceptors (Lipinski definition) is 6. The molecule has 8 heteroatoms. The van der Waals surface area contributed by atoms with Gasteiger partial charge in [-0.25, -0.2) is 4.98 Å². The van der Waals surface area contributed by atoms with Crippen molar-refractivity contribution < 1.29 is 4.74 Å². The van der Waals surface area contributed by atoms with Crippen molar-refractivity contribution in [3.05, 3.63) is 82.8 Å². The molecule has 0 N–H and O–H groups in total. The molecule has 0 aliphatic heterocycles. The van der Waals surface area contributed by atoms with E-state index >= 15 is 0 Å². The van der Waals surface area contributed by atoms with Crippen molar-refractivity contribution in [2.24, 2.45) is 0 Å². The molecule has 8 nitrogen and oxygen atoms in total. The summed E-state index contributed by atoms with van der Waals surface area (Å²) in [5.41, 5.74) is 2.63. The summed E-state index contributed by atoms with van der Waals surface area (Å²) < 4.78 is 8.64. The summed E-state index contributed by atoms with van der Waals surface area (Å²) in [5.74, 6) is 1.71. The predicted octanol–water partition coefficient (Wildman–Crippen LogP) is 2.87. The summed E-state index contributed by atoms with van der Waals surface area (Å²) >= 11 is 0. The van der Waals surface area contributed by atoms with Gasteiger partial charge >= 0.3 is 0 Å². The van der Waals surface area contributed by atoms with Crippen LogP contribution >= 0.6 is 0 Å². The zero-order valence-electron chi connectivity index (χ0n) is 16.5. The number of fused-ring (bicyclic) bond motifs is 2. The molecule has 1 aromatic carbocycles. The van der Waals surface area contributed by atoms with Crippen LogP contribution in [0.1, 0.15) is 11.5 Å². The Kier molecular flexibility index (Phi) is 4.24. The van der Waals surface area contributed by atoms with Crippen molar-refractivity contribution in [2.75, 3.05) is 7.11 Å². The van der Waals surface area contributed by atoms with Gasteiger partial charge in [-0.2, -0.15) is 9.50 Å². The lowest BCUT2D eigenvalue weighted by Crippen LogP contribution is -2.22. The first-order valence-corrected chi connectivity index (χ1v) is 9.45. The van der Waals surface area contributed by atoms with E-state index in [2.05, 4.69) is 20.1 Å². The Bertz CT molecular complexity index is 1440. The van der Waals surface area contributed by atoms with Gasteiger partial charge in [0.2, 0.25) is 0 Å². The van der Waals surface area contributed by atoms with E-state index in [4.69, 9.17) is 4.74 Å². The Morgan fingerprint density at radius 2 is 1.97 bits per heavy atom. The third kappa shape index (κ3) is 2.98. The summed E-state index contributed by atoms with van der Waals surface area (Å²) in [7, 11) is 1.61. The van der Waals surface area contributed by atoms with Crippen molar-refractivity contribution in [1.29, 1.82) is 0 Å². The van der Waals surface area contributed by atoms with E-state index in [-0.39, 0.29) is 5.56 Å². The van der Waals surface area contributed by atoms with Crippen molar-refractivity contribution in [3.8, 4) is 17.0 Å². The second-order valence-corrected chi connectivity index (χ2v) is 6.89. The average Bonchev–Trinajstić information content (AvgIpc) is 3.14. The Labute approximate surface area is 171 Å². The standard InChI is InChI=1S/C22H18N6O2/c1-14-24-22-25-18-9-11-27(13-16-7-3-4-10-23-16)21(29)19(18)20(28(22)26-14)15-6-5-8-17(12-15)30-2/h3-12H,13H2,1-2H3. The lowest BCUT2D eigenvalue weighted by molar-refractivity contribution is 0.415. The van der Waals surface area contributed by atoms with Gasteiger partial charge in [0.1, 0.15) is 11.6 Å². The van der Waals surface area contributed by atoms with Gasteiger partial charge in [0, 0.05) is 18.0 Å². The van der Waals surface area contributed by atoms with E-state index < -0.39 is 0 Å². The number of hydrogen-bond donors (Lipinski definition) is 0. The first-order valence-electron chi connectivity index (χ1n) is 9.45. The Hall–Kier alpha value is -4.07. The van der Waals surface area contributed by atoms with Crippen molar-refractivity contribution >= 4 is 16.7 Å². The largest absolute Gasteiger partial charge is 0.497 e. The van der Waals surface area contributed by atoms with Crippen LogP contribution in [0.15, 0.2) is 65.7 Å². The summed E-state index contributed by atoms with van der Waals surface area (Å²) in [6.45, 7) is 2.16. The quantitative estimate of drug-likeness (QED) is 0.463. The van der Waals surface area contributed by atoms with Crippen LogP contribution in [-0.4, -0.2) is 36.2 Å². The minimum absolute atomic E-state index is 0.168. The highest BCUT2D eigenvalue weighted by Gasteiger charge is 2.18. The maximum Gasteiger partial charge on any atom is 0.262 e. The zero-order chi connectivity index (χ0) is 20.7. The van der Waals surface area contributed by atoms with Gasteiger partial charge in [-0.1, -0.05) is 18.2 Å². The molecule has 0 saturated heterocycles. The number of benzene rings is 1. The highest BCUT2D eigenvalue weighted by molar-refractivity contribution is 5.93. The van der Waals surface area contributed by atoms with Crippen LogP contribution in [-0.2, 0) is 6.54 Å². The number of nitrogens with zero attached hydrogens (tertiary/aromatic N) is 6. The Balaban J connectivity index is 1.83. The molecule has 4 heterocycles. The van der Waals surface area contributed by atoms with E-state index in [1.165, 1.54) is 0 Å². The molecule has 4 aromatic heterocycles. The molecule has 30 heavy (non-hydrogen) atoms. The lowest BCUT2D eigenvalue weighted by Gasteiger charge is -2.12. The first-order chi connectivity index (χ1) is 14.6. The molecule has 5 aromatic rings. The molecule has 0 amide bonds. The minimum atomic E-state index is -0.168. The van der Waals surface area contributed by atoms with E-state index in [1.54, 1.807) is 35.5 Å². The van der Waals surface area contributed by atoms with Gasteiger partial charge in [-0.15, -0.1) is 5.10 Å². The second kappa shape index (κ2) is 7.07. The zero-order valence-corrected chi connectivity index (χ0v) is 16.5. The number of ether oxygens (including phenoxy) is 1. The molecule has 0 bridgehead atoms. The number of methoxy groups -OCH3 is 1. The van der Waals surface area contributed by atoms with Gasteiger partial charge in [0.15, 0.2) is 0 Å². The molecular weight excluding hydrogens is 380 g/mol. The molecule has 0 aliphatic rings. The normalized spacial score (nSPS) is 11.3. The van der Waals surface area contributed by atoms with Crippen molar-refractivity contribution in [2.45, 2.75) is 13.5 Å². The average molecular weight is 398 g/mol. The molecule has 0 unspecified atom stereocenters. The molecule has 148 valence electrons. The summed E-state index contributed by atoms with van der Waals surface area (Å²) in [6, 6.07) is 15.0. The number of rotatable bonds is 4. The number of aryl methyl sites for hydroxylation is 1. The Morgan fingerprint density at radius 1 is 1.07 bits per heavy atom. The van der Waals surface area contributed by atoms with E-state index in [1.807, 2.05) is 48.5 Å². The molecule has 5 rings (SSSR count). The Morgan fingerprint density at radius 3 is 2.77 bits per heavy atom. The third-order valence-corrected chi connectivity index (χ3v) is 4.91. The van der Waals surface area contributed by atoms with Crippen LogP contribution in [0.3, 0.4) is 0 Å². The van der Waals surface area contributed by atoms with Gasteiger partial charge in [0.25, 0.3) is 11.3 Å². The lowest BCUT2D eigenvalue weighted by atomic mass is 10.1. The summed E-state index contributed by atoms with van der Waals surface area (Å²) in [6.07, 6.45) is 3.45. The predicted molar refractivity (Wildman–Crippen MR) is 113 cm³/mol. The second-order valence-electron chi connectivity index (χ2n) is 6.89. The van der Waals surface area contributed by atoms with E-state index in [9.17, 15) is 4.79 Å². The third-order valence-electron chi connectivity index (χ3n) is 4.91. The van der Waals surface area contributed by atoms with Gasteiger partial charge in [-0.05, 0) is 37.3 Å². The molecular formula is C22H18N6O2. The molecule has 0 radical (unpaired) electrons. The summed E-state index contributed by atoms with van der Waals surface area (Å²) in [4.78, 5) is 26.8. The van der Waals surface area contributed by atoms with E-state index in [0.717, 1.165) is 11.3 Å². The maximum atomic E-state index is 13.5. The van der Waals surface area contributed by atoms with Crippen molar-refractivity contribution in [3.63, 3.8) is 0 Å². The fraction of sp³-hybridized carbons (Fsp3) is 0.136. The van der Waals surface area contributed by atoms with Gasteiger partial charge in [-0.3, -0.25) is 9.78 Å². The van der Waals surface area contributed by atoms with Gasteiger partial charge in [0.05, 0.1) is 35.9 Å². The monoisotopic (exact) mass is 398 g/mol. The fourth-order valence-electron chi connectivity index (χ4n) is 3.55. The number of aromatic nitrogens is 6. The fourth-order valence-corrected chi connectivity index (χ4v) is 3.55. The molecule has 0 fully saturated rings. The van der Waals surface area contributed by atoms with Crippen LogP contribution in [0.5, 0.6) is 5.75 Å². The SMILES string of the molecule is COc1cccc(-c2c3c(=O)n(Cc4ccccn4)ccc3nc3nc(C)nn23)c1. The highest BCUT2D eigenvalue weighted by Crippen LogP contribution is 2.28. The number of pyridine rings is 2. The van der Waals surface area contributed by atoms with Gasteiger partial charge < -0.3 is 9.30 Å². The minimum Gasteiger partial charge on any atom is -0.497 e. The smallest absolute Gasteiger partial charge is 0.262 e. The van der Waals surface area contributed by atoms with Crippen LogP contribution in [0.2, 0.25) is 0 Å². The summed E-state index contributed by atoms with van der Waals surface area (Å²) in [5, 5.41) is 4.96. The van der Waals surface area contributed by atoms with Crippen LogP contribution < -0.4 is 10.3 Å². The maximum absolute atomic E-state index is 13.5. The topological polar surface area (TPSA) is 87.2 Å². The van der Waals surface area contributed by atoms with Crippen LogP contribution in [0.25, 0.3) is 27.9 Å². The molecule has 0 aliphatic carbocycles. The first kappa shape index (κ1) is 18.0.